The van der Waals surface area contributed by atoms with Crippen molar-refractivity contribution in [2.75, 3.05) is 7.11 Å². The van der Waals surface area contributed by atoms with Crippen molar-refractivity contribution in [2.24, 2.45) is 5.92 Å². The Morgan fingerprint density at radius 1 is 1.40 bits per heavy atom. The summed E-state index contributed by atoms with van der Waals surface area (Å²) in [5.41, 5.74) is -0.345. The van der Waals surface area contributed by atoms with Gasteiger partial charge in [-0.3, -0.25) is 4.79 Å². The number of rotatable bonds is 7. The fourth-order valence-electron chi connectivity index (χ4n) is 2.58. The first-order valence-corrected chi connectivity index (χ1v) is 7.69. The van der Waals surface area contributed by atoms with Crippen LogP contribution < -0.4 is 0 Å². The molecule has 0 unspecified atom stereocenters. The molecule has 4 nitrogen and oxygen atoms in total. The average Bonchev–Trinajstić information content (AvgIpc) is 2.48. The van der Waals surface area contributed by atoms with Crippen molar-refractivity contribution in [1.82, 2.24) is 0 Å². The summed E-state index contributed by atoms with van der Waals surface area (Å²) in [5, 5.41) is 0. The number of methoxy groups -OCH3 is 1. The van der Waals surface area contributed by atoms with Crippen molar-refractivity contribution in [1.29, 1.82) is 0 Å². The highest BCUT2D eigenvalue weighted by Crippen LogP contribution is 2.37. The minimum Gasteiger partial charge on any atom is -0.469 e. The number of hydrogen-bond acceptors (Lipinski definition) is 4. The summed E-state index contributed by atoms with van der Waals surface area (Å²) in [6.07, 6.45) is 9.26. The molecule has 0 spiro atoms. The minimum atomic E-state index is -0.345. The van der Waals surface area contributed by atoms with Crippen LogP contribution >= 0.6 is 0 Å². The Labute approximate surface area is 122 Å². The first-order chi connectivity index (χ1) is 9.60. The maximum absolute atomic E-state index is 11.4. The molecular weight excluding hydrogens is 256 g/mol. The molecule has 0 aromatic rings. The van der Waals surface area contributed by atoms with Gasteiger partial charge in [-0.25, -0.2) is 9.78 Å². The summed E-state index contributed by atoms with van der Waals surface area (Å²) >= 11 is 0. The second kappa shape index (κ2) is 8.42. The number of hydrogen-bond donors (Lipinski definition) is 0. The van der Waals surface area contributed by atoms with Gasteiger partial charge in [0, 0.05) is 0 Å². The van der Waals surface area contributed by atoms with E-state index in [0.717, 1.165) is 32.1 Å². The molecule has 1 saturated heterocycles. The van der Waals surface area contributed by atoms with Crippen LogP contribution in [0.2, 0.25) is 0 Å². The third-order valence-corrected chi connectivity index (χ3v) is 4.07. The van der Waals surface area contributed by atoms with E-state index in [4.69, 9.17) is 14.5 Å². The van der Waals surface area contributed by atoms with Gasteiger partial charge in [0.2, 0.25) is 0 Å². The molecule has 0 radical (unpaired) electrons. The molecule has 116 valence electrons. The zero-order valence-corrected chi connectivity index (χ0v) is 13.2. The summed E-state index contributed by atoms with van der Waals surface area (Å²) in [6.45, 7) is 6.38. The van der Waals surface area contributed by atoms with Gasteiger partial charge in [0.1, 0.15) is 11.7 Å². The average molecular weight is 284 g/mol. The van der Waals surface area contributed by atoms with Crippen molar-refractivity contribution >= 4 is 5.97 Å². The largest absolute Gasteiger partial charge is 0.469 e. The molecular formula is C16H28O4. The monoisotopic (exact) mass is 284 g/mol. The van der Waals surface area contributed by atoms with E-state index in [-0.39, 0.29) is 24.1 Å². The van der Waals surface area contributed by atoms with Crippen LogP contribution in [-0.2, 0) is 19.3 Å². The van der Waals surface area contributed by atoms with Crippen molar-refractivity contribution in [3.8, 4) is 0 Å². The van der Waals surface area contributed by atoms with Gasteiger partial charge < -0.3 is 4.74 Å². The quantitative estimate of drug-likeness (QED) is 0.405. The van der Waals surface area contributed by atoms with Crippen molar-refractivity contribution in [3.05, 3.63) is 12.2 Å². The minimum absolute atomic E-state index is 0.202. The van der Waals surface area contributed by atoms with Crippen LogP contribution in [0.4, 0.5) is 0 Å². The first-order valence-electron chi connectivity index (χ1n) is 7.69. The SMILES string of the molecule is CCCC=C[C@]1(CC)C[C@H](CC)[C@@H](CC(=O)OC)OO1. The van der Waals surface area contributed by atoms with Crippen LogP contribution in [0.3, 0.4) is 0 Å². The summed E-state index contributed by atoms with van der Waals surface area (Å²) in [6, 6.07) is 0. The Morgan fingerprint density at radius 3 is 2.70 bits per heavy atom. The number of esters is 1. The molecule has 0 aliphatic carbocycles. The highest BCUT2D eigenvalue weighted by Gasteiger charge is 2.41. The third-order valence-electron chi connectivity index (χ3n) is 4.07. The molecule has 0 aromatic heterocycles. The maximum atomic E-state index is 11.4. The normalized spacial score (nSPS) is 30.6. The Kier molecular flexibility index (Phi) is 7.24. The van der Waals surface area contributed by atoms with Crippen molar-refractivity contribution in [3.63, 3.8) is 0 Å². The van der Waals surface area contributed by atoms with Gasteiger partial charge in [-0.15, -0.1) is 0 Å². The van der Waals surface area contributed by atoms with Crippen LogP contribution in [-0.4, -0.2) is 24.8 Å². The topological polar surface area (TPSA) is 44.8 Å². The molecule has 1 heterocycles. The van der Waals surface area contributed by atoms with Gasteiger partial charge in [0.05, 0.1) is 13.5 Å². The highest BCUT2D eigenvalue weighted by atomic mass is 17.2. The molecule has 1 aliphatic rings. The van der Waals surface area contributed by atoms with Crippen LogP contribution in [0.15, 0.2) is 12.2 Å². The predicted molar refractivity (Wildman–Crippen MR) is 78.1 cm³/mol. The lowest BCUT2D eigenvalue weighted by molar-refractivity contribution is -0.409. The van der Waals surface area contributed by atoms with E-state index in [2.05, 4.69) is 32.9 Å². The molecule has 1 fully saturated rings. The summed E-state index contributed by atoms with van der Waals surface area (Å²) in [4.78, 5) is 22.6. The molecule has 1 aliphatic heterocycles. The van der Waals surface area contributed by atoms with Crippen LogP contribution in [0, 0.1) is 5.92 Å². The van der Waals surface area contributed by atoms with E-state index in [9.17, 15) is 4.79 Å². The highest BCUT2D eigenvalue weighted by molar-refractivity contribution is 5.69. The zero-order chi connectivity index (χ0) is 15.0. The summed E-state index contributed by atoms with van der Waals surface area (Å²) in [7, 11) is 1.40. The number of carbonyl (C=O) groups is 1. The smallest absolute Gasteiger partial charge is 0.308 e. The van der Waals surface area contributed by atoms with Crippen LogP contribution in [0.1, 0.15) is 59.3 Å². The van der Waals surface area contributed by atoms with Gasteiger partial charge in [-0.2, -0.15) is 0 Å². The summed E-state index contributed by atoms with van der Waals surface area (Å²) in [5.74, 6) is 0.0663. The number of unbranched alkanes of at least 4 members (excludes halogenated alkanes) is 1. The fraction of sp³-hybridized carbons (Fsp3) is 0.812. The molecule has 0 aromatic carbocycles. The Morgan fingerprint density at radius 2 is 2.15 bits per heavy atom. The first kappa shape index (κ1) is 17.2. The Bertz CT molecular complexity index is 326. The lowest BCUT2D eigenvalue weighted by atomic mass is 9.81. The molecule has 0 amide bonds. The van der Waals surface area contributed by atoms with Crippen molar-refractivity contribution < 1.29 is 19.3 Å². The lowest BCUT2D eigenvalue weighted by Gasteiger charge is -2.41. The van der Waals surface area contributed by atoms with Gasteiger partial charge >= 0.3 is 5.97 Å². The maximum Gasteiger partial charge on any atom is 0.308 e. The molecule has 0 bridgehead atoms. The van der Waals surface area contributed by atoms with Gasteiger partial charge in [-0.1, -0.05) is 45.8 Å². The summed E-state index contributed by atoms with van der Waals surface area (Å²) < 4.78 is 4.72. The van der Waals surface area contributed by atoms with E-state index in [1.165, 1.54) is 7.11 Å². The second-order valence-corrected chi connectivity index (χ2v) is 5.48. The Hall–Kier alpha value is -0.870. The van der Waals surface area contributed by atoms with Crippen LogP contribution in [0.25, 0.3) is 0 Å². The van der Waals surface area contributed by atoms with E-state index < -0.39 is 0 Å². The van der Waals surface area contributed by atoms with E-state index >= 15 is 0 Å². The van der Waals surface area contributed by atoms with Gasteiger partial charge in [0.25, 0.3) is 0 Å². The molecule has 0 saturated carbocycles. The Balaban J connectivity index is 2.70. The van der Waals surface area contributed by atoms with Crippen molar-refractivity contribution in [2.45, 2.75) is 71.0 Å². The zero-order valence-electron chi connectivity index (χ0n) is 13.2. The van der Waals surface area contributed by atoms with E-state index in [1.807, 2.05) is 0 Å². The number of ether oxygens (including phenoxy) is 1. The van der Waals surface area contributed by atoms with Gasteiger partial charge in [-0.05, 0) is 25.2 Å². The molecule has 3 atom stereocenters. The van der Waals surface area contributed by atoms with Crippen LogP contribution in [0.5, 0.6) is 0 Å². The number of carbonyl (C=O) groups excluding carboxylic acids is 1. The molecule has 1 rings (SSSR count). The predicted octanol–water partition coefficient (Wildman–Crippen LogP) is 3.80. The standard InChI is InChI=1S/C16H28O4/c1-5-8-9-10-16(7-3)12-13(6-2)14(19-20-16)11-15(17)18-4/h9-10,13-14H,5-8,11-12H2,1-4H3/t13-,14+,16+/m0/s1. The lowest BCUT2D eigenvalue weighted by Crippen LogP contribution is -2.44. The van der Waals surface area contributed by atoms with Gasteiger partial charge in [0.15, 0.2) is 0 Å². The van der Waals surface area contributed by atoms with E-state index in [0.29, 0.717) is 5.92 Å². The molecule has 20 heavy (non-hydrogen) atoms. The van der Waals surface area contributed by atoms with E-state index in [1.54, 1.807) is 0 Å². The fourth-order valence-corrected chi connectivity index (χ4v) is 2.58. The number of allylic oxidation sites excluding steroid dienone is 1. The third kappa shape index (κ3) is 4.60. The molecule has 0 N–H and O–H groups in total. The second-order valence-electron chi connectivity index (χ2n) is 5.48. The molecule has 4 heteroatoms.